The molecule has 5 rings (SSSR count). The number of non-ortho nitro benzene ring substituents is 1. The van der Waals surface area contributed by atoms with Crippen molar-refractivity contribution in [1.82, 2.24) is 0 Å². The highest BCUT2D eigenvalue weighted by atomic mass is 16.6. The van der Waals surface area contributed by atoms with Gasteiger partial charge < -0.3 is 4.74 Å². The summed E-state index contributed by atoms with van der Waals surface area (Å²) in [5.74, 6) is 4.54. The molecule has 5 heteroatoms. The molecule has 0 radical (unpaired) electrons. The number of hydrogen-bond donors (Lipinski definition) is 0. The van der Waals surface area contributed by atoms with Crippen LogP contribution in [0.4, 0.5) is 5.69 Å². The van der Waals surface area contributed by atoms with Crippen LogP contribution in [0.3, 0.4) is 0 Å². The second-order valence-corrected chi connectivity index (χ2v) is 14.4. The van der Waals surface area contributed by atoms with E-state index in [2.05, 4.69) is 40.7 Å². The molecular weight excluding hydrogens is 486 g/mol. The number of fused-ring (bicyclic) bond motifs is 5. The van der Waals surface area contributed by atoms with Crippen LogP contribution in [0.2, 0.25) is 0 Å². The van der Waals surface area contributed by atoms with Crippen molar-refractivity contribution < 1.29 is 14.5 Å². The summed E-state index contributed by atoms with van der Waals surface area (Å²) in [4.78, 5) is 23.3. The summed E-state index contributed by atoms with van der Waals surface area (Å²) in [6, 6.07) is 5.73. The molecule has 0 aromatic heterocycles. The normalized spacial score (nSPS) is 36.4. The zero-order valence-electron chi connectivity index (χ0n) is 24.8. The van der Waals surface area contributed by atoms with Crippen LogP contribution >= 0.6 is 0 Å². The van der Waals surface area contributed by atoms with Gasteiger partial charge in [0, 0.05) is 18.6 Å². The first-order valence-corrected chi connectivity index (χ1v) is 15.7. The Kier molecular flexibility index (Phi) is 8.01. The molecule has 0 unspecified atom stereocenters. The standard InChI is InChI=1S/C34H49NO4/c1-22(2)7-6-8-23(3)29-15-16-30-28-14-11-25-21-27(17-19-33(25,4)31(28)18-20-34(29,30)5)39-32(36)24-9-12-26(13-10-24)35(37)38/h9-13,22-23,27-31H,6-8,14-21H2,1-5H3/t23-,27+,28-,29+,30-,31-,33+,34+/m1/s1. The number of rotatable bonds is 8. The van der Waals surface area contributed by atoms with Crippen molar-refractivity contribution in [3.05, 3.63) is 51.6 Å². The van der Waals surface area contributed by atoms with E-state index in [0.29, 0.717) is 11.0 Å². The van der Waals surface area contributed by atoms with Gasteiger partial charge in [-0.25, -0.2) is 4.79 Å². The summed E-state index contributed by atoms with van der Waals surface area (Å²) in [6.45, 7) is 12.4. The van der Waals surface area contributed by atoms with E-state index in [1.807, 2.05) is 0 Å². The second-order valence-electron chi connectivity index (χ2n) is 14.4. The quantitative estimate of drug-likeness (QED) is 0.144. The summed E-state index contributed by atoms with van der Waals surface area (Å²) in [7, 11) is 0. The van der Waals surface area contributed by atoms with Crippen molar-refractivity contribution in [2.75, 3.05) is 0 Å². The molecule has 0 aliphatic heterocycles. The lowest BCUT2D eigenvalue weighted by atomic mass is 9.47. The molecule has 8 atom stereocenters. The molecule has 0 heterocycles. The SMILES string of the molecule is CC(C)CCC[C@@H](C)[C@@H]1CC[C@@H]2[C@H]3CC=C4C[C@@H](OC(=O)c5ccc([N+](=O)[O-])cc5)CC[C@]4(C)[C@@H]3CC[C@]21C. The molecule has 4 aliphatic carbocycles. The van der Waals surface area contributed by atoms with E-state index in [0.717, 1.165) is 54.8 Å². The van der Waals surface area contributed by atoms with Crippen LogP contribution in [0.15, 0.2) is 35.9 Å². The monoisotopic (exact) mass is 535 g/mol. The van der Waals surface area contributed by atoms with Crippen molar-refractivity contribution >= 4 is 11.7 Å². The Morgan fingerprint density at radius 1 is 1.03 bits per heavy atom. The van der Waals surface area contributed by atoms with Gasteiger partial charge in [-0.1, -0.05) is 65.5 Å². The molecule has 39 heavy (non-hydrogen) atoms. The Morgan fingerprint density at radius 2 is 1.77 bits per heavy atom. The molecule has 214 valence electrons. The Hall–Kier alpha value is -2.17. The van der Waals surface area contributed by atoms with E-state index in [1.165, 1.54) is 81.2 Å². The summed E-state index contributed by atoms with van der Waals surface area (Å²) in [5, 5.41) is 10.9. The number of esters is 1. The average molecular weight is 536 g/mol. The van der Waals surface area contributed by atoms with Gasteiger partial charge >= 0.3 is 5.97 Å². The fraction of sp³-hybridized carbons (Fsp3) is 0.735. The lowest BCUT2D eigenvalue weighted by Crippen LogP contribution is -2.51. The minimum atomic E-state index is -0.450. The molecule has 1 aromatic rings. The largest absolute Gasteiger partial charge is 0.458 e. The second kappa shape index (κ2) is 11.0. The van der Waals surface area contributed by atoms with Gasteiger partial charge in [-0.05, 0) is 103 Å². The third-order valence-corrected chi connectivity index (χ3v) is 11.8. The van der Waals surface area contributed by atoms with E-state index >= 15 is 0 Å². The van der Waals surface area contributed by atoms with Crippen LogP contribution in [0.5, 0.6) is 0 Å². The lowest BCUT2D eigenvalue weighted by Gasteiger charge is -2.58. The van der Waals surface area contributed by atoms with Gasteiger partial charge in [-0.15, -0.1) is 0 Å². The molecule has 5 nitrogen and oxygen atoms in total. The van der Waals surface area contributed by atoms with Crippen molar-refractivity contribution in [2.45, 2.75) is 111 Å². The molecular formula is C34H49NO4. The van der Waals surface area contributed by atoms with Gasteiger partial charge in [-0.2, -0.15) is 0 Å². The molecule has 0 spiro atoms. The smallest absolute Gasteiger partial charge is 0.338 e. The van der Waals surface area contributed by atoms with Crippen LogP contribution in [0.1, 0.15) is 116 Å². The van der Waals surface area contributed by atoms with Gasteiger partial charge in [0.05, 0.1) is 10.5 Å². The third kappa shape index (κ3) is 5.32. The molecule has 3 saturated carbocycles. The first-order chi connectivity index (χ1) is 18.5. The molecule has 0 amide bonds. The Bertz CT molecular complexity index is 1090. The number of carbonyl (C=O) groups is 1. The summed E-state index contributed by atoms with van der Waals surface area (Å²) in [5.41, 5.74) is 2.60. The van der Waals surface area contributed by atoms with Crippen LogP contribution in [-0.2, 0) is 4.74 Å². The van der Waals surface area contributed by atoms with Gasteiger partial charge in [0.25, 0.3) is 5.69 Å². The maximum atomic E-state index is 12.8. The Labute approximate surface area is 235 Å². The van der Waals surface area contributed by atoms with Gasteiger partial charge in [-0.3, -0.25) is 10.1 Å². The zero-order valence-corrected chi connectivity index (χ0v) is 24.8. The fourth-order valence-corrected chi connectivity index (χ4v) is 9.69. The van der Waals surface area contributed by atoms with Crippen LogP contribution in [-0.4, -0.2) is 17.0 Å². The first kappa shape index (κ1) is 28.4. The summed E-state index contributed by atoms with van der Waals surface area (Å²) >= 11 is 0. The van der Waals surface area contributed by atoms with Crippen molar-refractivity contribution in [2.24, 2.45) is 46.3 Å². The van der Waals surface area contributed by atoms with Gasteiger partial charge in [0.15, 0.2) is 0 Å². The minimum Gasteiger partial charge on any atom is -0.458 e. The van der Waals surface area contributed by atoms with E-state index < -0.39 is 4.92 Å². The van der Waals surface area contributed by atoms with E-state index in [9.17, 15) is 14.9 Å². The molecule has 0 N–H and O–H groups in total. The first-order valence-electron chi connectivity index (χ1n) is 15.7. The van der Waals surface area contributed by atoms with Crippen LogP contribution < -0.4 is 0 Å². The maximum absolute atomic E-state index is 12.8. The van der Waals surface area contributed by atoms with Crippen molar-refractivity contribution in [3.8, 4) is 0 Å². The van der Waals surface area contributed by atoms with Crippen LogP contribution in [0.25, 0.3) is 0 Å². The number of carbonyl (C=O) groups excluding carboxylic acids is 1. The Morgan fingerprint density at radius 3 is 2.46 bits per heavy atom. The highest BCUT2D eigenvalue weighted by molar-refractivity contribution is 5.89. The van der Waals surface area contributed by atoms with Crippen molar-refractivity contribution in [3.63, 3.8) is 0 Å². The number of ether oxygens (including phenoxy) is 1. The number of hydrogen-bond acceptors (Lipinski definition) is 4. The average Bonchev–Trinajstić information content (AvgIpc) is 3.26. The van der Waals surface area contributed by atoms with E-state index in [-0.39, 0.29) is 23.2 Å². The molecule has 0 saturated heterocycles. The number of nitro benzene ring substituents is 1. The fourth-order valence-electron chi connectivity index (χ4n) is 9.69. The zero-order chi connectivity index (χ0) is 27.9. The van der Waals surface area contributed by atoms with Crippen molar-refractivity contribution in [1.29, 1.82) is 0 Å². The highest BCUT2D eigenvalue weighted by Crippen LogP contribution is 2.67. The van der Waals surface area contributed by atoms with E-state index in [4.69, 9.17) is 4.74 Å². The lowest BCUT2D eigenvalue weighted by molar-refractivity contribution is -0.384. The predicted octanol–water partition coefficient (Wildman–Crippen LogP) is 9.16. The van der Waals surface area contributed by atoms with Gasteiger partial charge in [0.1, 0.15) is 6.10 Å². The molecule has 3 fully saturated rings. The topological polar surface area (TPSA) is 69.4 Å². The highest BCUT2D eigenvalue weighted by Gasteiger charge is 2.59. The summed E-state index contributed by atoms with van der Waals surface area (Å²) < 4.78 is 5.93. The number of nitrogens with zero attached hydrogens (tertiary/aromatic N) is 1. The minimum absolute atomic E-state index is 0.0142. The maximum Gasteiger partial charge on any atom is 0.338 e. The molecule has 0 bridgehead atoms. The van der Waals surface area contributed by atoms with Gasteiger partial charge in [0.2, 0.25) is 0 Å². The van der Waals surface area contributed by atoms with E-state index in [1.54, 1.807) is 0 Å². The molecule has 1 aromatic carbocycles. The number of nitro groups is 1. The molecule has 4 aliphatic rings. The van der Waals surface area contributed by atoms with Crippen LogP contribution in [0, 0.1) is 56.5 Å². The Balaban J connectivity index is 1.23. The number of allylic oxidation sites excluding steroid dienone is 1. The summed E-state index contributed by atoms with van der Waals surface area (Å²) in [6.07, 6.45) is 16.1. The third-order valence-electron chi connectivity index (χ3n) is 11.8. The predicted molar refractivity (Wildman–Crippen MR) is 155 cm³/mol. The number of benzene rings is 1.